The van der Waals surface area contributed by atoms with Gasteiger partial charge in [-0.25, -0.2) is 9.40 Å². The summed E-state index contributed by atoms with van der Waals surface area (Å²) in [6, 6.07) is 13.5. The Kier molecular flexibility index (Phi) is 4.10. The first kappa shape index (κ1) is 15.2. The average molecular weight is 312 g/mol. The fraction of sp³-hybridized carbons (Fsp3) is 0.222. The Morgan fingerprint density at radius 1 is 1.26 bits per heavy atom. The lowest BCUT2D eigenvalue weighted by atomic mass is 9.98. The van der Waals surface area contributed by atoms with Crippen molar-refractivity contribution in [2.75, 3.05) is 7.11 Å². The molecular weight excluding hydrogens is 295 g/mol. The molecule has 0 N–H and O–H groups in total. The number of carbonyl (C=O) groups excluding carboxylic acids is 1. The lowest BCUT2D eigenvalue weighted by Gasteiger charge is -2.20. The Balaban J connectivity index is 1.95. The molecule has 1 aliphatic rings. The van der Waals surface area contributed by atoms with Gasteiger partial charge < -0.3 is 4.74 Å². The molecule has 1 heterocycles. The molecule has 1 aliphatic heterocycles. The van der Waals surface area contributed by atoms with Crippen molar-refractivity contribution < 1.29 is 13.9 Å². The van der Waals surface area contributed by atoms with Gasteiger partial charge in [-0.15, -0.1) is 0 Å². The van der Waals surface area contributed by atoms with Gasteiger partial charge in [0.15, 0.2) is 0 Å². The van der Waals surface area contributed by atoms with Gasteiger partial charge in [-0.1, -0.05) is 24.3 Å². The summed E-state index contributed by atoms with van der Waals surface area (Å²) in [5.41, 5.74) is 2.42. The van der Waals surface area contributed by atoms with Gasteiger partial charge in [0.1, 0.15) is 11.6 Å². The molecule has 2 aromatic carbocycles. The van der Waals surface area contributed by atoms with Crippen LogP contribution >= 0.6 is 0 Å². The quantitative estimate of drug-likeness (QED) is 0.870. The van der Waals surface area contributed by atoms with Gasteiger partial charge >= 0.3 is 0 Å². The van der Waals surface area contributed by atoms with Crippen molar-refractivity contribution in [3.8, 4) is 5.75 Å². The third-order valence-electron chi connectivity index (χ3n) is 3.87. The van der Waals surface area contributed by atoms with Crippen molar-refractivity contribution in [2.45, 2.75) is 19.4 Å². The van der Waals surface area contributed by atoms with E-state index in [1.165, 1.54) is 24.1 Å². The first-order chi connectivity index (χ1) is 11.1. The second-order valence-electron chi connectivity index (χ2n) is 5.42. The number of halogens is 1. The zero-order valence-corrected chi connectivity index (χ0v) is 13.0. The van der Waals surface area contributed by atoms with Crippen molar-refractivity contribution >= 4 is 11.6 Å². The molecule has 0 fully saturated rings. The highest BCUT2D eigenvalue weighted by atomic mass is 19.1. The molecular formula is C18H17FN2O2. The molecule has 5 heteroatoms. The largest absolute Gasteiger partial charge is 0.497 e. The monoisotopic (exact) mass is 312 g/mol. The molecule has 1 atom stereocenters. The van der Waals surface area contributed by atoms with E-state index in [4.69, 9.17) is 4.74 Å². The van der Waals surface area contributed by atoms with Crippen LogP contribution in [-0.2, 0) is 4.79 Å². The topological polar surface area (TPSA) is 41.9 Å². The Morgan fingerprint density at radius 3 is 2.74 bits per heavy atom. The van der Waals surface area contributed by atoms with Crippen LogP contribution in [0.15, 0.2) is 53.6 Å². The van der Waals surface area contributed by atoms with E-state index < -0.39 is 0 Å². The van der Waals surface area contributed by atoms with Crippen LogP contribution in [0.4, 0.5) is 4.39 Å². The maximum atomic E-state index is 13.5. The SMILES string of the molecule is COc1cccc(C2=NN(C(C)=O)[C@@H](c3cccc(F)c3)C2)c1. The zero-order chi connectivity index (χ0) is 16.4. The minimum absolute atomic E-state index is 0.169. The van der Waals surface area contributed by atoms with E-state index in [1.54, 1.807) is 13.2 Å². The third-order valence-corrected chi connectivity index (χ3v) is 3.87. The highest BCUT2D eigenvalue weighted by molar-refractivity contribution is 6.03. The summed E-state index contributed by atoms with van der Waals surface area (Å²) < 4.78 is 18.7. The Bertz CT molecular complexity index is 773. The summed E-state index contributed by atoms with van der Waals surface area (Å²) in [7, 11) is 1.60. The Labute approximate surface area is 134 Å². The van der Waals surface area contributed by atoms with Crippen molar-refractivity contribution in [3.63, 3.8) is 0 Å². The molecule has 23 heavy (non-hydrogen) atoms. The molecule has 1 amide bonds. The summed E-state index contributed by atoms with van der Waals surface area (Å²) in [5, 5.41) is 5.86. The van der Waals surface area contributed by atoms with E-state index in [0.29, 0.717) is 6.42 Å². The van der Waals surface area contributed by atoms with Gasteiger partial charge in [0.25, 0.3) is 0 Å². The molecule has 3 rings (SSSR count). The first-order valence-corrected chi connectivity index (χ1v) is 7.35. The second kappa shape index (κ2) is 6.20. The summed E-state index contributed by atoms with van der Waals surface area (Å²) in [6.45, 7) is 1.46. The number of amides is 1. The van der Waals surface area contributed by atoms with Gasteiger partial charge in [0, 0.05) is 18.9 Å². The summed E-state index contributed by atoms with van der Waals surface area (Å²) in [6.07, 6.45) is 0.538. The van der Waals surface area contributed by atoms with Crippen LogP contribution in [-0.4, -0.2) is 23.7 Å². The molecule has 118 valence electrons. The Morgan fingerprint density at radius 2 is 2.04 bits per heavy atom. The molecule has 0 saturated carbocycles. The van der Waals surface area contributed by atoms with Crippen LogP contribution in [0.1, 0.15) is 30.5 Å². The fourth-order valence-electron chi connectivity index (χ4n) is 2.75. The highest BCUT2D eigenvalue weighted by Crippen LogP contribution is 2.33. The zero-order valence-electron chi connectivity index (χ0n) is 13.0. The number of ether oxygens (including phenoxy) is 1. The van der Waals surface area contributed by atoms with E-state index in [9.17, 15) is 9.18 Å². The van der Waals surface area contributed by atoms with E-state index in [0.717, 1.165) is 22.6 Å². The maximum Gasteiger partial charge on any atom is 0.240 e. The lowest BCUT2D eigenvalue weighted by molar-refractivity contribution is -0.130. The maximum absolute atomic E-state index is 13.5. The summed E-state index contributed by atoms with van der Waals surface area (Å²) in [5.74, 6) is 0.242. The standard InChI is InChI=1S/C18H17FN2O2/c1-12(22)21-18(14-6-3-7-15(19)9-14)11-17(20-21)13-5-4-8-16(10-13)23-2/h3-10,18H,11H2,1-2H3/t18-/m1/s1. The van der Waals surface area contributed by atoms with Crippen LogP contribution in [0.2, 0.25) is 0 Å². The van der Waals surface area contributed by atoms with Crippen LogP contribution < -0.4 is 4.74 Å². The number of carbonyl (C=O) groups is 1. The molecule has 2 aromatic rings. The fourth-order valence-corrected chi connectivity index (χ4v) is 2.75. The van der Waals surface area contributed by atoms with Gasteiger partial charge in [-0.3, -0.25) is 4.79 Å². The molecule has 4 nitrogen and oxygen atoms in total. The van der Waals surface area contributed by atoms with E-state index in [-0.39, 0.29) is 17.8 Å². The molecule has 0 saturated heterocycles. The molecule has 0 aromatic heterocycles. The highest BCUT2D eigenvalue weighted by Gasteiger charge is 2.31. The molecule has 0 aliphatic carbocycles. The number of nitrogens with zero attached hydrogens (tertiary/aromatic N) is 2. The van der Waals surface area contributed by atoms with Crippen molar-refractivity contribution in [3.05, 3.63) is 65.5 Å². The normalized spacial score (nSPS) is 17.1. The number of rotatable bonds is 3. The minimum atomic E-state index is -0.319. The van der Waals surface area contributed by atoms with Crippen LogP contribution in [0.25, 0.3) is 0 Å². The van der Waals surface area contributed by atoms with Crippen molar-refractivity contribution in [2.24, 2.45) is 5.10 Å². The first-order valence-electron chi connectivity index (χ1n) is 7.35. The van der Waals surface area contributed by atoms with E-state index in [2.05, 4.69) is 5.10 Å². The second-order valence-corrected chi connectivity index (χ2v) is 5.42. The van der Waals surface area contributed by atoms with Crippen LogP contribution in [0.5, 0.6) is 5.75 Å². The predicted octanol–water partition coefficient (Wildman–Crippen LogP) is 3.53. The lowest BCUT2D eigenvalue weighted by Crippen LogP contribution is -2.24. The van der Waals surface area contributed by atoms with Crippen molar-refractivity contribution in [1.82, 2.24) is 5.01 Å². The van der Waals surface area contributed by atoms with E-state index >= 15 is 0 Å². The number of hydrazone groups is 1. The molecule has 0 unspecified atom stereocenters. The van der Waals surface area contributed by atoms with Gasteiger partial charge in [-0.05, 0) is 29.8 Å². The predicted molar refractivity (Wildman–Crippen MR) is 85.8 cm³/mol. The van der Waals surface area contributed by atoms with E-state index in [1.807, 2.05) is 30.3 Å². The van der Waals surface area contributed by atoms with Crippen molar-refractivity contribution in [1.29, 1.82) is 0 Å². The number of hydrogen-bond donors (Lipinski definition) is 0. The van der Waals surface area contributed by atoms with Crippen LogP contribution in [0, 0.1) is 5.82 Å². The van der Waals surface area contributed by atoms with Crippen LogP contribution in [0.3, 0.4) is 0 Å². The summed E-state index contributed by atoms with van der Waals surface area (Å²) in [4.78, 5) is 11.9. The average Bonchev–Trinajstić information content (AvgIpc) is 3.00. The van der Waals surface area contributed by atoms with Gasteiger partial charge in [-0.2, -0.15) is 5.10 Å². The number of benzene rings is 2. The summed E-state index contributed by atoms with van der Waals surface area (Å²) >= 11 is 0. The van der Waals surface area contributed by atoms with Gasteiger partial charge in [0.2, 0.25) is 5.91 Å². The number of hydrogen-bond acceptors (Lipinski definition) is 3. The third kappa shape index (κ3) is 3.08. The molecule has 0 spiro atoms. The van der Waals surface area contributed by atoms with Gasteiger partial charge in [0.05, 0.1) is 18.9 Å². The Hall–Kier alpha value is -2.69. The minimum Gasteiger partial charge on any atom is -0.497 e. The molecule has 0 bridgehead atoms. The smallest absolute Gasteiger partial charge is 0.240 e. The number of methoxy groups -OCH3 is 1. The molecule has 0 radical (unpaired) electrons.